The number of carbonyl (C=O) groups excluding carboxylic acids is 1. The Hall–Kier alpha value is -2.81. The number of rotatable bonds is 9. The number of nitrogens with zero attached hydrogens (tertiary/aromatic N) is 3. The van der Waals surface area contributed by atoms with Crippen molar-refractivity contribution in [2.45, 2.75) is 50.9 Å². The fourth-order valence-electron chi connectivity index (χ4n) is 5.65. The van der Waals surface area contributed by atoms with Crippen LogP contribution in [0.1, 0.15) is 55.0 Å². The summed E-state index contributed by atoms with van der Waals surface area (Å²) < 4.78 is 6.15. The molecule has 1 fully saturated rings. The molecule has 2 aromatic carbocycles. The zero-order valence-corrected chi connectivity index (χ0v) is 24.0. The van der Waals surface area contributed by atoms with Gasteiger partial charge in [0, 0.05) is 37.8 Å². The molecule has 2 aliphatic heterocycles. The van der Waals surface area contributed by atoms with Crippen molar-refractivity contribution in [3.05, 3.63) is 75.5 Å². The zero-order valence-electron chi connectivity index (χ0n) is 22.4. The predicted molar refractivity (Wildman–Crippen MR) is 155 cm³/mol. The Balaban J connectivity index is 1.24. The van der Waals surface area contributed by atoms with Gasteiger partial charge in [0.1, 0.15) is 0 Å². The maximum atomic E-state index is 12.5. The quantitative estimate of drug-likeness (QED) is 0.333. The summed E-state index contributed by atoms with van der Waals surface area (Å²) in [7, 11) is 1.77. The normalized spacial score (nSPS) is 18.7. The second kappa shape index (κ2) is 11.5. The lowest BCUT2D eigenvalue weighted by atomic mass is 9.82. The van der Waals surface area contributed by atoms with Crippen LogP contribution in [-0.2, 0) is 27.8 Å². The van der Waals surface area contributed by atoms with Crippen molar-refractivity contribution in [2.24, 2.45) is 0 Å². The van der Waals surface area contributed by atoms with Crippen LogP contribution in [0.25, 0.3) is 0 Å². The maximum absolute atomic E-state index is 12.5. The molecule has 0 aliphatic carbocycles. The Morgan fingerprint density at radius 2 is 2.00 bits per heavy atom. The Kier molecular flexibility index (Phi) is 8.12. The number of anilines is 3. The van der Waals surface area contributed by atoms with Gasteiger partial charge < -0.3 is 20.3 Å². The van der Waals surface area contributed by atoms with E-state index in [1.54, 1.807) is 13.3 Å². The van der Waals surface area contributed by atoms with Crippen LogP contribution in [0.15, 0.2) is 53.1 Å². The van der Waals surface area contributed by atoms with E-state index in [0.717, 1.165) is 66.2 Å². The molecule has 0 bridgehead atoms. The van der Waals surface area contributed by atoms with Gasteiger partial charge in [0.15, 0.2) is 0 Å². The molecule has 1 amide bonds. The molecule has 1 atom stereocenters. The first-order chi connectivity index (χ1) is 18.3. The third-order valence-electron chi connectivity index (χ3n) is 7.79. The molecule has 0 spiro atoms. The van der Waals surface area contributed by atoms with Crippen LogP contribution in [-0.4, -0.2) is 54.1 Å². The van der Waals surface area contributed by atoms with Crippen LogP contribution in [0.5, 0.6) is 0 Å². The van der Waals surface area contributed by atoms with Crippen molar-refractivity contribution in [2.75, 3.05) is 44.0 Å². The molecule has 3 aromatic rings. The van der Waals surface area contributed by atoms with Crippen LogP contribution in [0.2, 0.25) is 0 Å². The smallest absolute Gasteiger partial charge is 0.234 e. The number of halogens is 1. The summed E-state index contributed by atoms with van der Waals surface area (Å²) in [5.74, 6) is 1.18. The highest BCUT2D eigenvalue weighted by Gasteiger charge is 2.39. The van der Waals surface area contributed by atoms with Crippen LogP contribution >= 0.6 is 15.9 Å². The van der Waals surface area contributed by atoms with E-state index in [1.807, 2.05) is 26.0 Å². The van der Waals surface area contributed by atoms with Crippen molar-refractivity contribution < 1.29 is 9.53 Å². The molecule has 7 nitrogen and oxygen atoms in total. The van der Waals surface area contributed by atoms with Gasteiger partial charge in [-0.05, 0) is 103 Å². The number of hydrogen-bond acceptors (Lipinski definition) is 6. The van der Waals surface area contributed by atoms with Crippen molar-refractivity contribution in [3.8, 4) is 0 Å². The molecular formula is C30H36BrN5O2. The van der Waals surface area contributed by atoms with E-state index in [2.05, 4.69) is 66.8 Å². The van der Waals surface area contributed by atoms with Crippen molar-refractivity contribution >= 4 is 39.2 Å². The highest BCUT2D eigenvalue weighted by molar-refractivity contribution is 9.10. The summed E-state index contributed by atoms with van der Waals surface area (Å²) in [5.41, 5.74) is 5.93. The maximum Gasteiger partial charge on any atom is 0.234 e. The second-order valence-corrected chi connectivity index (χ2v) is 11.6. The number of nitrogens with one attached hydrogen (secondary N) is 2. The average molecular weight is 579 g/mol. The van der Waals surface area contributed by atoms with Crippen molar-refractivity contribution in [3.63, 3.8) is 0 Å². The SMILES string of the molecule is COCCN1CCCC(c2ccc(Nc3ncc(Br)c(CCc4cccc5c4C(C)(C)C(=O)N5)n3)cc2)C1. The molecular weight excluding hydrogens is 542 g/mol. The largest absolute Gasteiger partial charge is 0.383 e. The van der Waals surface area contributed by atoms with E-state index < -0.39 is 5.41 Å². The van der Waals surface area contributed by atoms with E-state index >= 15 is 0 Å². The van der Waals surface area contributed by atoms with Crippen molar-refractivity contribution in [1.29, 1.82) is 0 Å². The summed E-state index contributed by atoms with van der Waals surface area (Å²) >= 11 is 3.63. The molecule has 0 radical (unpaired) electrons. The number of ether oxygens (including phenoxy) is 1. The number of piperidine rings is 1. The number of carbonyl (C=O) groups is 1. The number of aryl methyl sites for hydroxylation is 2. The highest BCUT2D eigenvalue weighted by atomic mass is 79.9. The molecule has 200 valence electrons. The third kappa shape index (κ3) is 5.77. The summed E-state index contributed by atoms with van der Waals surface area (Å²) in [6.07, 6.45) is 5.77. The summed E-state index contributed by atoms with van der Waals surface area (Å²) in [4.78, 5) is 24.3. The number of benzene rings is 2. The van der Waals surface area contributed by atoms with E-state index in [4.69, 9.17) is 9.72 Å². The fraction of sp³-hybridized carbons (Fsp3) is 0.433. The predicted octanol–water partition coefficient (Wildman–Crippen LogP) is 5.82. The van der Waals surface area contributed by atoms with Gasteiger partial charge >= 0.3 is 0 Å². The third-order valence-corrected chi connectivity index (χ3v) is 8.46. The fourth-order valence-corrected chi connectivity index (χ4v) is 6.04. The minimum absolute atomic E-state index is 0.0487. The van der Waals surface area contributed by atoms with E-state index in [0.29, 0.717) is 11.9 Å². The summed E-state index contributed by atoms with van der Waals surface area (Å²) in [5, 5.41) is 6.39. The monoisotopic (exact) mass is 577 g/mol. The van der Waals surface area contributed by atoms with Crippen LogP contribution in [0.3, 0.4) is 0 Å². The molecule has 1 unspecified atom stereocenters. The summed E-state index contributed by atoms with van der Waals surface area (Å²) in [6.45, 7) is 7.99. The molecule has 5 rings (SSSR count). The lowest BCUT2D eigenvalue weighted by Gasteiger charge is -2.32. The van der Waals surface area contributed by atoms with Gasteiger partial charge in [-0.3, -0.25) is 4.79 Å². The standard InChI is InChI=1S/C30H36BrN5O2/c1-30(2)27-21(6-4-8-26(27)34-28(30)37)11-14-25-24(31)18-32-29(35-25)33-23-12-9-20(10-13-23)22-7-5-15-36(19-22)16-17-38-3/h4,6,8-10,12-13,18,22H,5,7,11,14-17,19H2,1-3H3,(H,34,37)(H,32,33,35). The Labute approximate surface area is 233 Å². The molecule has 1 saturated heterocycles. The average Bonchev–Trinajstić information content (AvgIpc) is 3.16. The molecule has 2 N–H and O–H groups in total. The first-order valence-corrected chi connectivity index (χ1v) is 14.2. The zero-order chi connectivity index (χ0) is 26.7. The van der Waals surface area contributed by atoms with E-state index in [9.17, 15) is 4.79 Å². The Morgan fingerprint density at radius 3 is 2.79 bits per heavy atom. The lowest BCUT2D eigenvalue weighted by molar-refractivity contribution is -0.119. The number of amides is 1. The summed E-state index contributed by atoms with van der Waals surface area (Å²) in [6, 6.07) is 14.8. The number of aromatic nitrogens is 2. The molecule has 38 heavy (non-hydrogen) atoms. The van der Waals surface area contributed by atoms with Crippen LogP contribution in [0.4, 0.5) is 17.3 Å². The minimum Gasteiger partial charge on any atom is -0.383 e. The van der Waals surface area contributed by atoms with Crippen LogP contribution < -0.4 is 10.6 Å². The molecule has 2 aliphatic rings. The van der Waals surface area contributed by atoms with Crippen molar-refractivity contribution in [1.82, 2.24) is 14.9 Å². The Morgan fingerprint density at radius 1 is 1.18 bits per heavy atom. The Bertz CT molecular complexity index is 1290. The first kappa shape index (κ1) is 26.8. The first-order valence-electron chi connectivity index (χ1n) is 13.4. The minimum atomic E-state index is -0.534. The van der Waals surface area contributed by atoms with Gasteiger partial charge in [-0.15, -0.1) is 0 Å². The molecule has 1 aromatic heterocycles. The molecule has 3 heterocycles. The topological polar surface area (TPSA) is 79.4 Å². The number of likely N-dealkylation sites (tertiary alicyclic amines) is 1. The second-order valence-electron chi connectivity index (χ2n) is 10.8. The number of methoxy groups -OCH3 is 1. The lowest BCUT2D eigenvalue weighted by Crippen LogP contribution is -2.36. The van der Waals surface area contributed by atoms with Gasteiger partial charge in [0.25, 0.3) is 0 Å². The van der Waals surface area contributed by atoms with Gasteiger partial charge in [-0.2, -0.15) is 0 Å². The number of fused-ring (bicyclic) bond motifs is 1. The van der Waals surface area contributed by atoms with Gasteiger partial charge in [0.05, 0.1) is 22.2 Å². The van der Waals surface area contributed by atoms with Crippen LogP contribution in [0, 0.1) is 0 Å². The van der Waals surface area contributed by atoms with Gasteiger partial charge in [-0.1, -0.05) is 24.3 Å². The highest BCUT2D eigenvalue weighted by Crippen LogP contribution is 2.40. The van der Waals surface area contributed by atoms with E-state index in [1.165, 1.54) is 24.0 Å². The van der Waals surface area contributed by atoms with E-state index in [-0.39, 0.29) is 5.91 Å². The van der Waals surface area contributed by atoms with Gasteiger partial charge in [0.2, 0.25) is 11.9 Å². The molecule has 8 heteroatoms. The molecule has 0 saturated carbocycles. The number of hydrogen-bond donors (Lipinski definition) is 2. The van der Waals surface area contributed by atoms with Gasteiger partial charge in [-0.25, -0.2) is 9.97 Å².